The van der Waals surface area contributed by atoms with Gasteiger partial charge in [-0.15, -0.1) is 0 Å². The van der Waals surface area contributed by atoms with Crippen molar-refractivity contribution >= 4 is 11.6 Å². The Morgan fingerprint density at radius 1 is 1.32 bits per heavy atom. The predicted octanol–water partition coefficient (Wildman–Crippen LogP) is 2.85. The summed E-state index contributed by atoms with van der Waals surface area (Å²) in [5.41, 5.74) is -0.987. The number of nitrogens with zero attached hydrogens (tertiary/aromatic N) is 1. The van der Waals surface area contributed by atoms with E-state index >= 15 is 0 Å². The van der Waals surface area contributed by atoms with E-state index in [-0.39, 0.29) is 29.0 Å². The number of fused-ring (bicyclic) bond motifs is 1. The zero-order chi connectivity index (χ0) is 23.4. The predicted molar refractivity (Wildman–Crippen MR) is 79.5 cm³/mol. The molecule has 1 aromatic carbocycles. The molecule has 1 N–H and O–H groups in total. The maximum atomic E-state index is 11.9. The van der Waals surface area contributed by atoms with Crippen LogP contribution in [-0.4, -0.2) is 30.3 Å². The molecule has 1 heterocycles. The fourth-order valence-electron chi connectivity index (χ4n) is 1.73. The zero-order valence-corrected chi connectivity index (χ0v) is 11.0. The molecule has 1 aliphatic heterocycles. The van der Waals surface area contributed by atoms with Crippen LogP contribution in [0.5, 0.6) is 0 Å². The first-order valence-corrected chi connectivity index (χ1v) is 6.20. The van der Waals surface area contributed by atoms with Gasteiger partial charge in [-0.1, -0.05) is 25.9 Å². The van der Waals surface area contributed by atoms with Gasteiger partial charge in [-0.2, -0.15) is 0 Å². The van der Waals surface area contributed by atoms with Gasteiger partial charge in [0.1, 0.15) is 0 Å². The third-order valence-corrected chi connectivity index (χ3v) is 2.51. The summed E-state index contributed by atoms with van der Waals surface area (Å²) in [5.74, 6) is -0.606. The van der Waals surface area contributed by atoms with E-state index in [0.717, 1.165) is 0 Å². The molecule has 0 fully saturated rings. The molecule has 0 saturated carbocycles. The molecule has 0 saturated heterocycles. The average molecular weight is 271 g/mol. The van der Waals surface area contributed by atoms with Gasteiger partial charge in [0.25, 0.3) is 0 Å². The van der Waals surface area contributed by atoms with Crippen molar-refractivity contribution in [3.8, 4) is 0 Å². The molecule has 0 aromatic heterocycles. The van der Waals surface area contributed by atoms with Crippen molar-refractivity contribution in [1.29, 1.82) is 0 Å². The fourth-order valence-corrected chi connectivity index (χ4v) is 1.73. The number of amides is 1. The van der Waals surface area contributed by atoms with E-state index in [1.54, 1.807) is 0 Å². The summed E-state index contributed by atoms with van der Waals surface area (Å²) in [6, 6.07) is -2.00. The number of rotatable bonds is 7. The molecular formula is C16H24N2O. The number of carbonyl (C=O) groups is 1. The number of carbonyl (C=O) groups excluding carboxylic acids is 1. The van der Waals surface area contributed by atoms with Crippen molar-refractivity contribution < 1.29 is 19.9 Å². The van der Waals surface area contributed by atoms with Gasteiger partial charge in [-0.25, -0.2) is 0 Å². The third kappa shape index (κ3) is 3.57. The molecule has 0 aliphatic carbocycles. The maximum absolute atomic E-state index is 11.9. The molecule has 0 radical (unpaired) electrons. The molecule has 3 heteroatoms. The number of hydrogen-bond donors (Lipinski definition) is 1. The van der Waals surface area contributed by atoms with Gasteiger partial charge < -0.3 is 10.2 Å². The normalized spacial score (nSPS) is 25.2. The van der Waals surface area contributed by atoms with Crippen LogP contribution in [0.3, 0.4) is 0 Å². The summed E-state index contributed by atoms with van der Waals surface area (Å²) >= 11 is 0. The van der Waals surface area contributed by atoms with Gasteiger partial charge in [-0.05, 0) is 49.4 Å². The van der Waals surface area contributed by atoms with Crippen molar-refractivity contribution in [2.24, 2.45) is 0 Å². The Morgan fingerprint density at radius 2 is 2.05 bits per heavy atom. The molecule has 1 aromatic rings. The lowest BCUT2D eigenvalue weighted by atomic mass is 10.0. The lowest BCUT2D eigenvalue weighted by Crippen LogP contribution is -2.28. The minimum Gasteiger partial charge on any atom is -0.326 e. The van der Waals surface area contributed by atoms with Gasteiger partial charge in [-0.3, -0.25) is 4.79 Å². The monoisotopic (exact) mass is 271 g/mol. The second-order valence-electron chi connectivity index (χ2n) is 3.92. The van der Waals surface area contributed by atoms with Crippen molar-refractivity contribution in [3.63, 3.8) is 0 Å². The van der Waals surface area contributed by atoms with Gasteiger partial charge in [0.15, 0.2) is 0 Å². The van der Waals surface area contributed by atoms with Gasteiger partial charge in [0.2, 0.25) is 5.91 Å². The van der Waals surface area contributed by atoms with Crippen molar-refractivity contribution in [2.75, 3.05) is 24.8 Å². The number of nitrogens with one attached hydrogen (secondary N) is 1. The van der Waals surface area contributed by atoms with E-state index in [9.17, 15) is 4.79 Å². The van der Waals surface area contributed by atoms with Gasteiger partial charge in [0.05, 0.1) is 10.5 Å². The highest BCUT2D eigenvalue weighted by atomic mass is 16.1. The molecule has 0 unspecified atom stereocenters. The van der Waals surface area contributed by atoms with E-state index < -0.39 is 61.9 Å². The van der Waals surface area contributed by atoms with E-state index in [1.165, 1.54) is 13.8 Å². The Labute approximate surface area is 131 Å². The summed E-state index contributed by atoms with van der Waals surface area (Å²) in [6.07, 6.45) is -4.32. The summed E-state index contributed by atoms with van der Waals surface area (Å²) in [7, 11) is 0. The Hall–Kier alpha value is -1.35. The molecule has 2 rings (SSSR count). The lowest BCUT2D eigenvalue weighted by molar-refractivity contribution is -0.115. The maximum Gasteiger partial charge on any atom is 0.228 e. The van der Waals surface area contributed by atoms with Gasteiger partial charge >= 0.3 is 0 Å². The first kappa shape index (κ1) is 5.57. The van der Waals surface area contributed by atoms with Crippen LogP contribution in [0.2, 0.25) is 0 Å². The first-order chi connectivity index (χ1) is 13.5. The molecule has 104 valence electrons. The van der Waals surface area contributed by atoms with Crippen LogP contribution in [0.25, 0.3) is 0 Å². The molecule has 1 aliphatic rings. The van der Waals surface area contributed by atoms with Crippen LogP contribution in [0, 0.1) is 0 Å². The Morgan fingerprint density at radius 3 is 2.74 bits per heavy atom. The van der Waals surface area contributed by atoms with Gasteiger partial charge in [0, 0.05) is 23.2 Å². The molecular weight excluding hydrogens is 236 g/mol. The molecule has 0 bridgehead atoms. The number of hydrogen-bond acceptors (Lipinski definition) is 2. The zero-order valence-electron chi connectivity index (χ0n) is 22.0. The Balaban J connectivity index is 2.84. The van der Waals surface area contributed by atoms with Crippen LogP contribution in [-0.2, 0) is 17.6 Å². The number of benzene rings is 1. The topological polar surface area (TPSA) is 32.3 Å². The van der Waals surface area contributed by atoms with Crippen LogP contribution < -0.4 is 5.32 Å². The van der Waals surface area contributed by atoms with Crippen molar-refractivity contribution in [1.82, 2.24) is 4.90 Å². The highest BCUT2D eigenvalue weighted by molar-refractivity contribution is 5.99. The minimum atomic E-state index is -3.32. The highest BCUT2D eigenvalue weighted by Crippen LogP contribution is 2.26. The summed E-state index contributed by atoms with van der Waals surface area (Å²) in [5, 5.41) is 2.33. The first-order valence-electron chi connectivity index (χ1n) is 11.7. The minimum absolute atomic E-state index is 0.144. The molecule has 0 spiro atoms. The molecule has 1 amide bonds. The standard InChI is InChI=1S/C16H24N2O/c1-3-9-18(10-4-2)11-8-13-6-5-7-15-14(13)12-16(19)17-15/h5-7H,3-4,8-12H2,1-2H3,(H,17,19)/i5D,6D,7D,8D2,9D2,10D2,11D2. The van der Waals surface area contributed by atoms with Crippen molar-refractivity contribution in [3.05, 3.63) is 29.3 Å². The quantitative estimate of drug-likeness (QED) is 0.827. The lowest BCUT2D eigenvalue weighted by Gasteiger charge is -2.21. The van der Waals surface area contributed by atoms with E-state index in [2.05, 4.69) is 5.32 Å². The number of anilines is 1. The smallest absolute Gasteiger partial charge is 0.228 e. The molecule has 3 nitrogen and oxygen atoms in total. The highest BCUT2D eigenvalue weighted by Gasteiger charge is 2.20. The van der Waals surface area contributed by atoms with Crippen LogP contribution in [0.1, 0.15) is 52.9 Å². The Bertz CT molecular complexity index is 853. The summed E-state index contributed by atoms with van der Waals surface area (Å²) in [4.78, 5) is 12.1. The Kier molecular flexibility index (Phi) is 1.97. The van der Waals surface area contributed by atoms with E-state index in [4.69, 9.17) is 15.1 Å². The summed E-state index contributed by atoms with van der Waals surface area (Å²) < 4.78 is 90.9. The largest absolute Gasteiger partial charge is 0.326 e. The second kappa shape index (κ2) is 6.71. The van der Waals surface area contributed by atoms with Crippen LogP contribution in [0.4, 0.5) is 5.69 Å². The second-order valence-corrected chi connectivity index (χ2v) is 3.92. The average Bonchev–Trinajstić information content (AvgIpc) is 3.00. The SMILES string of the molecule is [2H]c1c([2H])c2c(c(C([2H])([2H])C([2H])([2H])N(C([2H])([2H])CC)C([2H])([2H])CC)c1[2H])CC(=O)N2. The molecule has 0 atom stereocenters. The molecule has 19 heavy (non-hydrogen) atoms. The third-order valence-electron chi connectivity index (χ3n) is 2.51. The van der Waals surface area contributed by atoms with Crippen LogP contribution in [0.15, 0.2) is 18.1 Å². The van der Waals surface area contributed by atoms with E-state index in [0.29, 0.717) is 0 Å². The fraction of sp³-hybridized carbons (Fsp3) is 0.562. The van der Waals surface area contributed by atoms with E-state index in [1.807, 2.05) is 0 Å². The van der Waals surface area contributed by atoms with Crippen molar-refractivity contribution in [2.45, 2.75) is 39.5 Å². The summed E-state index contributed by atoms with van der Waals surface area (Å²) in [6.45, 7) is -5.75. The van der Waals surface area contributed by atoms with Crippen LogP contribution >= 0.6 is 0 Å².